The van der Waals surface area contributed by atoms with E-state index in [-0.39, 0.29) is 12.5 Å². The Balaban J connectivity index is 1.46. The zero-order chi connectivity index (χ0) is 20.4. The molecule has 0 spiro atoms. The van der Waals surface area contributed by atoms with E-state index in [4.69, 9.17) is 4.74 Å². The van der Waals surface area contributed by atoms with Crippen LogP contribution in [-0.2, 0) is 14.3 Å². The first-order valence-corrected chi connectivity index (χ1v) is 9.04. The summed E-state index contributed by atoms with van der Waals surface area (Å²) in [7, 11) is 0. The number of aromatic nitrogens is 2. The largest absolute Gasteiger partial charge is 0.449 e. The number of amides is 2. The number of esters is 1. The molecule has 1 aromatic heterocycles. The van der Waals surface area contributed by atoms with Gasteiger partial charge >= 0.3 is 5.97 Å². The summed E-state index contributed by atoms with van der Waals surface area (Å²) in [6.07, 6.45) is 2.40. The Morgan fingerprint density at radius 2 is 1.86 bits per heavy atom. The van der Waals surface area contributed by atoms with Gasteiger partial charge in [-0.2, -0.15) is 5.10 Å². The molecule has 1 aliphatic heterocycles. The molecule has 0 bridgehead atoms. The van der Waals surface area contributed by atoms with Crippen molar-refractivity contribution in [2.45, 2.75) is 13.0 Å². The number of ether oxygens (including phenoxy) is 1. The fourth-order valence-electron chi connectivity index (χ4n) is 3.10. The molecule has 1 atom stereocenters. The standard InChI is InChI=1S/C21H18N4O4/c1-14(20(27)24-13-19(26)23-17-5-2-3-6-18(17)24)29-21(28)15-7-9-16(10-8-15)25-12-4-11-22-25/h2-12,14H,13H2,1H3,(H,23,26)/t14-/m0/s1. The van der Waals surface area contributed by atoms with E-state index in [1.54, 1.807) is 71.7 Å². The predicted molar refractivity (Wildman–Crippen MR) is 106 cm³/mol. The van der Waals surface area contributed by atoms with Crippen LogP contribution >= 0.6 is 0 Å². The Hall–Kier alpha value is -3.94. The molecule has 0 saturated heterocycles. The van der Waals surface area contributed by atoms with Gasteiger partial charge in [-0.3, -0.25) is 14.5 Å². The fraction of sp³-hybridized carbons (Fsp3) is 0.143. The van der Waals surface area contributed by atoms with E-state index in [2.05, 4.69) is 10.4 Å². The maximum absolute atomic E-state index is 12.8. The van der Waals surface area contributed by atoms with E-state index in [0.29, 0.717) is 16.9 Å². The molecule has 0 unspecified atom stereocenters. The topological polar surface area (TPSA) is 93.5 Å². The van der Waals surface area contributed by atoms with E-state index in [1.807, 2.05) is 0 Å². The molecule has 0 radical (unpaired) electrons. The summed E-state index contributed by atoms with van der Waals surface area (Å²) in [5, 5.41) is 6.85. The van der Waals surface area contributed by atoms with Gasteiger partial charge in [0.25, 0.3) is 5.91 Å². The summed E-state index contributed by atoms with van der Waals surface area (Å²) in [5.74, 6) is -1.38. The molecule has 8 heteroatoms. The lowest BCUT2D eigenvalue weighted by atomic mass is 10.1. The zero-order valence-electron chi connectivity index (χ0n) is 15.6. The molecule has 0 aliphatic carbocycles. The number of anilines is 2. The van der Waals surface area contributed by atoms with E-state index in [0.717, 1.165) is 5.69 Å². The molecular weight excluding hydrogens is 372 g/mol. The van der Waals surface area contributed by atoms with Crippen molar-refractivity contribution in [1.29, 1.82) is 0 Å². The average molecular weight is 390 g/mol. The van der Waals surface area contributed by atoms with Gasteiger partial charge in [-0.25, -0.2) is 9.48 Å². The lowest BCUT2D eigenvalue weighted by molar-refractivity contribution is -0.128. The fourth-order valence-corrected chi connectivity index (χ4v) is 3.10. The predicted octanol–water partition coefficient (Wildman–Crippen LogP) is 2.40. The van der Waals surface area contributed by atoms with Gasteiger partial charge < -0.3 is 10.1 Å². The highest BCUT2D eigenvalue weighted by molar-refractivity contribution is 6.11. The van der Waals surface area contributed by atoms with Crippen LogP contribution in [0, 0.1) is 0 Å². The molecule has 0 saturated carbocycles. The number of nitrogens with one attached hydrogen (secondary N) is 1. The third-order valence-electron chi connectivity index (χ3n) is 4.54. The van der Waals surface area contributed by atoms with Gasteiger partial charge in [-0.15, -0.1) is 0 Å². The van der Waals surface area contributed by atoms with Gasteiger partial charge in [0.1, 0.15) is 6.54 Å². The van der Waals surface area contributed by atoms with E-state index in [1.165, 1.54) is 11.8 Å². The van der Waals surface area contributed by atoms with Crippen LogP contribution in [0.2, 0.25) is 0 Å². The Morgan fingerprint density at radius 1 is 1.10 bits per heavy atom. The number of carbonyl (C=O) groups is 3. The molecule has 2 amide bonds. The average Bonchev–Trinajstić information content (AvgIpc) is 3.27. The smallest absolute Gasteiger partial charge is 0.338 e. The summed E-state index contributed by atoms with van der Waals surface area (Å²) < 4.78 is 7.01. The highest BCUT2D eigenvalue weighted by atomic mass is 16.5. The van der Waals surface area contributed by atoms with Crippen LogP contribution < -0.4 is 10.2 Å². The van der Waals surface area contributed by atoms with Crippen molar-refractivity contribution in [2.24, 2.45) is 0 Å². The maximum Gasteiger partial charge on any atom is 0.338 e. The van der Waals surface area contributed by atoms with Crippen molar-refractivity contribution < 1.29 is 19.1 Å². The minimum atomic E-state index is -1.05. The number of para-hydroxylation sites is 2. The van der Waals surface area contributed by atoms with Crippen LogP contribution in [0.1, 0.15) is 17.3 Å². The molecule has 1 aliphatic rings. The molecule has 0 fully saturated rings. The van der Waals surface area contributed by atoms with Crippen LogP contribution in [0.3, 0.4) is 0 Å². The number of benzene rings is 2. The molecule has 3 aromatic rings. The molecule has 2 heterocycles. The second-order valence-corrected chi connectivity index (χ2v) is 6.53. The minimum absolute atomic E-state index is 0.129. The molecule has 1 N–H and O–H groups in total. The van der Waals surface area contributed by atoms with Crippen LogP contribution in [0.4, 0.5) is 11.4 Å². The van der Waals surface area contributed by atoms with Gasteiger partial charge in [0.05, 0.1) is 22.6 Å². The summed E-state index contributed by atoms with van der Waals surface area (Å²) >= 11 is 0. The van der Waals surface area contributed by atoms with Gasteiger partial charge in [0, 0.05) is 12.4 Å². The third-order valence-corrected chi connectivity index (χ3v) is 4.54. The second-order valence-electron chi connectivity index (χ2n) is 6.53. The van der Waals surface area contributed by atoms with Crippen molar-refractivity contribution in [3.63, 3.8) is 0 Å². The van der Waals surface area contributed by atoms with Crippen molar-refractivity contribution in [1.82, 2.24) is 9.78 Å². The number of hydrogen-bond donors (Lipinski definition) is 1. The molecule has 4 rings (SSSR count). The molecule has 2 aromatic carbocycles. The van der Waals surface area contributed by atoms with Crippen molar-refractivity contribution in [2.75, 3.05) is 16.8 Å². The first kappa shape index (κ1) is 18.4. The Morgan fingerprint density at radius 3 is 2.59 bits per heavy atom. The lowest BCUT2D eigenvalue weighted by Crippen LogP contribution is -2.47. The highest BCUT2D eigenvalue weighted by Gasteiger charge is 2.31. The quantitative estimate of drug-likeness (QED) is 0.691. The van der Waals surface area contributed by atoms with E-state index >= 15 is 0 Å². The Kier molecular flexibility index (Phi) is 4.82. The van der Waals surface area contributed by atoms with Gasteiger partial charge in [0.15, 0.2) is 6.10 Å². The number of nitrogens with zero attached hydrogens (tertiary/aromatic N) is 3. The van der Waals surface area contributed by atoms with Gasteiger partial charge in [-0.1, -0.05) is 12.1 Å². The number of fused-ring (bicyclic) bond motifs is 1. The number of carbonyl (C=O) groups excluding carboxylic acids is 3. The van der Waals surface area contributed by atoms with Crippen LogP contribution in [0.25, 0.3) is 5.69 Å². The first-order chi connectivity index (χ1) is 14.0. The molecule has 29 heavy (non-hydrogen) atoms. The van der Waals surface area contributed by atoms with Gasteiger partial charge in [0.2, 0.25) is 5.91 Å². The molecule has 8 nitrogen and oxygen atoms in total. The van der Waals surface area contributed by atoms with Crippen LogP contribution in [-0.4, -0.2) is 40.2 Å². The van der Waals surface area contributed by atoms with Crippen LogP contribution in [0.5, 0.6) is 0 Å². The first-order valence-electron chi connectivity index (χ1n) is 9.04. The summed E-state index contributed by atoms with van der Waals surface area (Å²) in [4.78, 5) is 38.5. The number of rotatable bonds is 4. The molecule has 146 valence electrons. The van der Waals surface area contributed by atoms with E-state index < -0.39 is 18.0 Å². The lowest BCUT2D eigenvalue weighted by Gasteiger charge is -2.30. The Bertz CT molecular complexity index is 1060. The van der Waals surface area contributed by atoms with Crippen LogP contribution in [0.15, 0.2) is 67.0 Å². The van der Waals surface area contributed by atoms with Crippen molar-refractivity contribution in [3.8, 4) is 5.69 Å². The summed E-state index contributed by atoms with van der Waals surface area (Å²) in [5.41, 5.74) is 2.23. The van der Waals surface area contributed by atoms with E-state index in [9.17, 15) is 14.4 Å². The minimum Gasteiger partial charge on any atom is -0.449 e. The number of hydrogen-bond acceptors (Lipinski definition) is 5. The summed E-state index contributed by atoms with van der Waals surface area (Å²) in [6.45, 7) is 1.36. The normalized spacial score (nSPS) is 14.0. The molecular formula is C21H18N4O4. The second kappa shape index (κ2) is 7.59. The third kappa shape index (κ3) is 3.73. The SMILES string of the molecule is C[C@H](OC(=O)c1ccc(-n2cccn2)cc1)C(=O)N1CC(=O)Nc2ccccc21. The monoisotopic (exact) mass is 390 g/mol. The van der Waals surface area contributed by atoms with Crippen molar-refractivity contribution >= 4 is 29.2 Å². The summed E-state index contributed by atoms with van der Waals surface area (Å²) in [6, 6.07) is 15.5. The van der Waals surface area contributed by atoms with Crippen molar-refractivity contribution in [3.05, 3.63) is 72.6 Å². The zero-order valence-corrected chi connectivity index (χ0v) is 15.6. The Labute approximate surface area is 166 Å². The van der Waals surface area contributed by atoms with Gasteiger partial charge in [-0.05, 0) is 49.4 Å². The maximum atomic E-state index is 12.8. The highest BCUT2D eigenvalue weighted by Crippen LogP contribution is 2.29.